The molecule has 2 aliphatic carbocycles. The molecule has 0 bridgehead atoms. The molecule has 2 fully saturated rings. The number of nitrogens with zero attached hydrogens (tertiary/aromatic N) is 1. The van der Waals surface area contributed by atoms with E-state index in [9.17, 15) is 19.2 Å². The Balaban J connectivity index is 1.26. The van der Waals surface area contributed by atoms with E-state index in [0.717, 1.165) is 62.5 Å². The molecular formula is C44H66N4O7. The summed E-state index contributed by atoms with van der Waals surface area (Å²) in [6.45, 7) is 9.65. The lowest BCUT2D eigenvalue weighted by Gasteiger charge is -2.30. The van der Waals surface area contributed by atoms with Crippen molar-refractivity contribution >= 4 is 23.9 Å². The van der Waals surface area contributed by atoms with Gasteiger partial charge in [-0.05, 0) is 126 Å². The number of alkyl carbamates (subject to hydrolysis) is 1. The minimum absolute atomic E-state index is 0.0704. The molecule has 11 nitrogen and oxygen atoms in total. The molecule has 3 amide bonds. The third-order valence-electron chi connectivity index (χ3n) is 10.8. The summed E-state index contributed by atoms with van der Waals surface area (Å²) in [5.74, 6) is 0.577. The van der Waals surface area contributed by atoms with Gasteiger partial charge in [0.15, 0.2) is 0 Å². The predicted octanol–water partition coefficient (Wildman–Crippen LogP) is 7.85. The van der Waals surface area contributed by atoms with Crippen molar-refractivity contribution in [3.8, 4) is 5.75 Å². The molecule has 0 unspecified atom stereocenters. The van der Waals surface area contributed by atoms with E-state index in [1.165, 1.54) is 25.7 Å². The van der Waals surface area contributed by atoms with Crippen molar-refractivity contribution in [1.29, 1.82) is 0 Å². The van der Waals surface area contributed by atoms with E-state index in [0.29, 0.717) is 51.3 Å². The number of amides is 3. The Labute approximate surface area is 328 Å². The largest absolute Gasteiger partial charge is 0.489 e. The predicted molar refractivity (Wildman–Crippen MR) is 213 cm³/mol. The Bertz CT molecular complexity index is 1450. The highest BCUT2D eigenvalue weighted by atomic mass is 16.6. The third-order valence-corrected chi connectivity index (χ3v) is 10.8. The van der Waals surface area contributed by atoms with Crippen LogP contribution in [0.15, 0.2) is 48.8 Å². The Morgan fingerprint density at radius 1 is 0.745 bits per heavy atom. The highest BCUT2D eigenvalue weighted by molar-refractivity contribution is 5.88. The Morgan fingerprint density at radius 3 is 1.98 bits per heavy atom. The van der Waals surface area contributed by atoms with Gasteiger partial charge in [0.25, 0.3) is 0 Å². The topological polar surface area (TPSA) is 145 Å². The maximum Gasteiger partial charge on any atom is 0.407 e. The third kappa shape index (κ3) is 16.6. The zero-order valence-electron chi connectivity index (χ0n) is 33.7. The minimum Gasteiger partial charge on any atom is -0.489 e. The first-order chi connectivity index (χ1) is 26.5. The zero-order valence-corrected chi connectivity index (χ0v) is 33.7. The van der Waals surface area contributed by atoms with Gasteiger partial charge in [-0.15, -0.1) is 0 Å². The standard InChI is InChI=1S/C44H66N4O7/c1-5-6-7-8-9-10-27-53-42(51)37-19-13-33(14-20-37)29-46-41(50)39(28-32-15-21-38(22-16-32)54-31-35-23-25-45-26-24-35)48-40(49)36-17-11-34(12-18-36)30-47-43(52)55-44(2,3)4/h15-16,21-26,33-34,36-37,39H,5-14,17-20,27-31H2,1-4H3,(H,46,50)(H,47,52)(H,48,49)/t33?,34?,36?,37?,39-/m0/s1. The fourth-order valence-electron chi connectivity index (χ4n) is 7.42. The van der Waals surface area contributed by atoms with E-state index in [-0.39, 0.29) is 41.5 Å². The van der Waals surface area contributed by atoms with Crippen LogP contribution in [0.3, 0.4) is 0 Å². The summed E-state index contributed by atoms with van der Waals surface area (Å²) in [6.07, 6.45) is 16.5. The summed E-state index contributed by atoms with van der Waals surface area (Å²) in [5.41, 5.74) is 1.37. The van der Waals surface area contributed by atoms with Crippen LogP contribution in [0, 0.1) is 23.7 Å². The number of benzene rings is 1. The van der Waals surface area contributed by atoms with Crippen molar-refractivity contribution in [1.82, 2.24) is 20.9 Å². The van der Waals surface area contributed by atoms with Gasteiger partial charge in [0, 0.05) is 37.8 Å². The number of pyridine rings is 1. The fraction of sp³-hybridized carbons (Fsp3) is 0.659. The van der Waals surface area contributed by atoms with Crippen molar-refractivity contribution in [2.75, 3.05) is 19.7 Å². The van der Waals surface area contributed by atoms with E-state index in [1.54, 1.807) is 12.4 Å². The molecule has 0 saturated heterocycles. The van der Waals surface area contributed by atoms with Crippen molar-refractivity contribution < 1.29 is 33.4 Å². The van der Waals surface area contributed by atoms with Crippen LogP contribution < -0.4 is 20.7 Å². The van der Waals surface area contributed by atoms with Gasteiger partial charge in [0.05, 0.1) is 12.5 Å². The zero-order chi connectivity index (χ0) is 39.5. The highest BCUT2D eigenvalue weighted by Gasteiger charge is 2.32. The van der Waals surface area contributed by atoms with Gasteiger partial charge in [0.2, 0.25) is 11.8 Å². The van der Waals surface area contributed by atoms with Crippen LogP contribution in [0.5, 0.6) is 5.75 Å². The average Bonchev–Trinajstić information content (AvgIpc) is 3.18. The quantitative estimate of drug-likeness (QED) is 0.0914. The lowest BCUT2D eigenvalue weighted by atomic mass is 9.81. The molecule has 1 aromatic carbocycles. The van der Waals surface area contributed by atoms with Crippen LogP contribution in [0.1, 0.15) is 129 Å². The first kappa shape index (κ1) is 43.6. The maximum atomic E-state index is 13.8. The molecule has 11 heteroatoms. The molecule has 3 N–H and O–H groups in total. The number of hydrogen-bond acceptors (Lipinski definition) is 8. The summed E-state index contributed by atoms with van der Waals surface area (Å²) < 4.78 is 16.9. The van der Waals surface area contributed by atoms with Gasteiger partial charge in [-0.1, -0.05) is 51.2 Å². The number of esters is 1. The molecular weight excluding hydrogens is 697 g/mol. The molecule has 0 aliphatic heterocycles. The first-order valence-corrected chi connectivity index (χ1v) is 20.8. The normalized spacial score (nSPS) is 20.4. The SMILES string of the molecule is CCCCCCCCOC(=O)C1CCC(CNC(=O)[C@H](Cc2ccc(OCc3ccncc3)cc2)NC(=O)C2CCC(CNC(=O)OC(C)(C)C)CC2)CC1. The van der Waals surface area contributed by atoms with Gasteiger partial charge in [-0.2, -0.15) is 0 Å². The summed E-state index contributed by atoms with van der Waals surface area (Å²) in [5, 5.41) is 9.10. The van der Waals surface area contributed by atoms with E-state index in [4.69, 9.17) is 14.2 Å². The molecule has 1 atom stereocenters. The van der Waals surface area contributed by atoms with Crippen molar-refractivity contribution in [3.05, 3.63) is 59.9 Å². The molecule has 2 aliphatic rings. The molecule has 2 saturated carbocycles. The van der Waals surface area contributed by atoms with Crippen molar-refractivity contribution in [2.45, 2.75) is 142 Å². The van der Waals surface area contributed by atoms with E-state index in [2.05, 4.69) is 27.9 Å². The van der Waals surface area contributed by atoms with E-state index < -0.39 is 17.7 Å². The van der Waals surface area contributed by atoms with Crippen LogP contribution in [-0.2, 0) is 36.9 Å². The molecule has 304 valence electrons. The Morgan fingerprint density at radius 2 is 1.35 bits per heavy atom. The summed E-state index contributed by atoms with van der Waals surface area (Å²) in [6, 6.07) is 10.7. The lowest BCUT2D eigenvalue weighted by molar-refractivity contribution is -0.150. The van der Waals surface area contributed by atoms with E-state index >= 15 is 0 Å². The summed E-state index contributed by atoms with van der Waals surface area (Å²) in [4.78, 5) is 56.2. The van der Waals surface area contributed by atoms with Crippen LogP contribution in [0.25, 0.3) is 0 Å². The maximum absolute atomic E-state index is 13.8. The molecule has 4 rings (SSSR count). The number of rotatable bonds is 20. The van der Waals surface area contributed by atoms with Crippen LogP contribution in [0.2, 0.25) is 0 Å². The van der Waals surface area contributed by atoms with Gasteiger partial charge in [-0.3, -0.25) is 19.4 Å². The molecule has 1 heterocycles. The number of ether oxygens (including phenoxy) is 3. The monoisotopic (exact) mass is 762 g/mol. The summed E-state index contributed by atoms with van der Waals surface area (Å²) in [7, 11) is 0. The average molecular weight is 763 g/mol. The molecule has 0 radical (unpaired) electrons. The van der Waals surface area contributed by atoms with Gasteiger partial charge in [0.1, 0.15) is 24.0 Å². The van der Waals surface area contributed by atoms with Crippen LogP contribution in [0.4, 0.5) is 4.79 Å². The Kier molecular flexibility index (Phi) is 18.3. The smallest absolute Gasteiger partial charge is 0.407 e. The van der Waals surface area contributed by atoms with Gasteiger partial charge < -0.3 is 30.2 Å². The molecule has 2 aromatic rings. The molecule has 55 heavy (non-hydrogen) atoms. The first-order valence-electron chi connectivity index (χ1n) is 20.8. The lowest BCUT2D eigenvalue weighted by Crippen LogP contribution is -2.51. The fourth-order valence-corrected chi connectivity index (χ4v) is 7.42. The number of carbonyl (C=O) groups excluding carboxylic acids is 4. The number of unbranched alkanes of at least 4 members (excludes halogenated alkanes) is 5. The van der Waals surface area contributed by atoms with Crippen molar-refractivity contribution in [2.24, 2.45) is 23.7 Å². The number of hydrogen-bond donors (Lipinski definition) is 3. The summed E-state index contributed by atoms with van der Waals surface area (Å²) >= 11 is 0. The Hall–Kier alpha value is -4.15. The number of aromatic nitrogens is 1. The number of carbonyl (C=O) groups is 4. The van der Waals surface area contributed by atoms with Crippen LogP contribution >= 0.6 is 0 Å². The number of nitrogens with one attached hydrogen (secondary N) is 3. The van der Waals surface area contributed by atoms with Gasteiger partial charge >= 0.3 is 12.1 Å². The second-order valence-electron chi connectivity index (χ2n) is 16.6. The van der Waals surface area contributed by atoms with Gasteiger partial charge in [-0.25, -0.2) is 4.79 Å². The highest BCUT2D eigenvalue weighted by Crippen LogP contribution is 2.30. The molecule has 1 aromatic heterocycles. The van der Waals surface area contributed by atoms with E-state index in [1.807, 2.05) is 57.2 Å². The second-order valence-corrected chi connectivity index (χ2v) is 16.6. The second kappa shape index (κ2) is 23.0. The van der Waals surface area contributed by atoms with Crippen molar-refractivity contribution in [3.63, 3.8) is 0 Å². The molecule has 0 spiro atoms. The van der Waals surface area contributed by atoms with Crippen LogP contribution in [-0.4, -0.2) is 60.2 Å². The minimum atomic E-state index is -0.740.